The number of hydrogen-bond acceptors (Lipinski definition) is 3. The highest BCUT2D eigenvalue weighted by atomic mass is 16.3. The number of rotatable bonds is 2. The molecule has 0 radical (unpaired) electrons. The summed E-state index contributed by atoms with van der Waals surface area (Å²) in [4.78, 5) is 12.5. The summed E-state index contributed by atoms with van der Waals surface area (Å²) in [6.07, 6.45) is 8.52. The molecule has 0 spiro atoms. The summed E-state index contributed by atoms with van der Waals surface area (Å²) >= 11 is 0. The van der Waals surface area contributed by atoms with Crippen LogP contribution in [0.3, 0.4) is 0 Å². The lowest BCUT2D eigenvalue weighted by Gasteiger charge is -2.35. The molecule has 2 N–H and O–H groups in total. The largest absolute Gasteiger partial charge is 0.507 e. The Hall–Kier alpha value is -2.36. The second-order valence-corrected chi connectivity index (χ2v) is 7.38. The van der Waals surface area contributed by atoms with E-state index in [9.17, 15) is 9.90 Å². The maximum absolute atomic E-state index is 12.5. The summed E-state index contributed by atoms with van der Waals surface area (Å²) < 4.78 is 0. The standard InChI is InChI=1S/C21H24N2O2/c24-20-13-17-8-4-3-7-16(17)12-19(20)21(25)23-22-18-10-9-14-5-1-2-6-15(14)11-18/h3-4,7-8,12-15,24H,1-2,5-6,9-11H2,(H,23,25)/b22-18-/t14-,15+/m0/s1. The number of nitrogens with zero attached hydrogens (tertiary/aromatic N) is 1. The highest BCUT2D eigenvalue weighted by Crippen LogP contribution is 2.39. The van der Waals surface area contributed by atoms with Gasteiger partial charge in [-0.25, -0.2) is 5.43 Å². The fourth-order valence-corrected chi connectivity index (χ4v) is 4.39. The zero-order chi connectivity index (χ0) is 17.2. The summed E-state index contributed by atoms with van der Waals surface area (Å²) in [6.45, 7) is 0. The third-order valence-electron chi connectivity index (χ3n) is 5.79. The molecule has 4 rings (SSSR count). The maximum Gasteiger partial charge on any atom is 0.275 e. The monoisotopic (exact) mass is 336 g/mol. The number of hydrogen-bond donors (Lipinski definition) is 2. The molecule has 2 aromatic carbocycles. The van der Waals surface area contributed by atoms with Crippen LogP contribution in [0, 0.1) is 11.8 Å². The Balaban J connectivity index is 1.48. The van der Waals surface area contributed by atoms with E-state index in [1.165, 1.54) is 32.1 Å². The van der Waals surface area contributed by atoms with Gasteiger partial charge in [-0.05, 0) is 60.4 Å². The summed E-state index contributed by atoms with van der Waals surface area (Å²) in [5, 5.41) is 16.4. The quantitative estimate of drug-likeness (QED) is 0.786. The van der Waals surface area contributed by atoms with Crippen molar-refractivity contribution in [2.45, 2.75) is 44.9 Å². The van der Waals surface area contributed by atoms with Gasteiger partial charge in [-0.3, -0.25) is 4.79 Å². The Labute approximate surface area is 147 Å². The van der Waals surface area contributed by atoms with Gasteiger partial charge in [0, 0.05) is 5.71 Å². The van der Waals surface area contributed by atoms with Crippen LogP contribution in [0.4, 0.5) is 0 Å². The van der Waals surface area contributed by atoms with Gasteiger partial charge in [0.2, 0.25) is 0 Å². The van der Waals surface area contributed by atoms with Crippen molar-refractivity contribution >= 4 is 22.4 Å². The van der Waals surface area contributed by atoms with E-state index in [0.29, 0.717) is 0 Å². The van der Waals surface area contributed by atoms with Crippen molar-refractivity contribution in [1.29, 1.82) is 0 Å². The summed E-state index contributed by atoms with van der Waals surface area (Å²) in [5.74, 6) is 1.24. The molecule has 0 bridgehead atoms. The van der Waals surface area contributed by atoms with Gasteiger partial charge in [0.05, 0.1) is 5.56 Å². The Morgan fingerprint density at radius 3 is 2.56 bits per heavy atom. The van der Waals surface area contributed by atoms with Gasteiger partial charge in [0.15, 0.2) is 0 Å². The SMILES string of the molecule is O=C(N/N=C1/CC[C@@H]2CCCC[C@@H]2C1)c1cc2ccccc2cc1O. The van der Waals surface area contributed by atoms with E-state index < -0.39 is 0 Å². The van der Waals surface area contributed by atoms with Gasteiger partial charge in [-0.15, -0.1) is 0 Å². The summed E-state index contributed by atoms with van der Waals surface area (Å²) in [7, 11) is 0. The van der Waals surface area contributed by atoms with Gasteiger partial charge in [0.25, 0.3) is 5.91 Å². The lowest BCUT2D eigenvalue weighted by atomic mass is 9.70. The topological polar surface area (TPSA) is 61.7 Å². The van der Waals surface area contributed by atoms with Gasteiger partial charge in [-0.1, -0.05) is 43.5 Å². The van der Waals surface area contributed by atoms with Crippen LogP contribution in [0.25, 0.3) is 10.8 Å². The predicted octanol–water partition coefficient (Wildman–Crippen LogP) is 4.62. The molecular weight excluding hydrogens is 312 g/mol. The molecule has 2 atom stereocenters. The Kier molecular flexibility index (Phi) is 4.43. The number of nitrogens with one attached hydrogen (secondary N) is 1. The van der Waals surface area contributed by atoms with Crippen molar-refractivity contribution in [2.75, 3.05) is 0 Å². The number of fused-ring (bicyclic) bond motifs is 2. The number of carbonyl (C=O) groups excluding carboxylic acids is 1. The minimum absolute atomic E-state index is 0.00705. The van der Waals surface area contributed by atoms with E-state index in [1.807, 2.05) is 24.3 Å². The van der Waals surface area contributed by atoms with Crippen LogP contribution in [0.2, 0.25) is 0 Å². The molecule has 0 heterocycles. The molecular formula is C21H24N2O2. The first-order valence-corrected chi connectivity index (χ1v) is 9.28. The van der Waals surface area contributed by atoms with Crippen LogP contribution < -0.4 is 5.43 Å². The first-order chi connectivity index (χ1) is 12.2. The smallest absolute Gasteiger partial charge is 0.275 e. The molecule has 0 aromatic heterocycles. The normalized spacial score (nSPS) is 24.9. The van der Waals surface area contributed by atoms with E-state index in [2.05, 4.69) is 10.5 Å². The minimum Gasteiger partial charge on any atom is -0.507 e. The molecule has 2 fully saturated rings. The molecule has 2 aliphatic rings. The molecule has 0 saturated heterocycles. The van der Waals surface area contributed by atoms with Crippen LogP contribution in [0.15, 0.2) is 41.5 Å². The molecule has 4 nitrogen and oxygen atoms in total. The van der Waals surface area contributed by atoms with E-state index in [1.54, 1.807) is 12.1 Å². The Morgan fingerprint density at radius 1 is 1.04 bits per heavy atom. The molecule has 4 heteroatoms. The molecule has 2 saturated carbocycles. The predicted molar refractivity (Wildman–Crippen MR) is 99.8 cm³/mol. The lowest BCUT2D eigenvalue weighted by Crippen LogP contribution is -2.29. The zero-order valence-corrected chi connectivity index (χ0v) is 14.4. The number of benzene rings is 2. The van der Waals surface area contributed by atoms with Crippen LogP contribution in [-0.4, -0.2) is 16.7 Å². The van der Waals surface area contributed by atoms with Crippen molar-refractivity contribution in [3.8, 4) is 5.75 Å². The van der Waals surface area contributed by atoms with Gasteiger partial charge in [-0.2, -0.15) is 5.10 Å². The molecule has 25 heavy (non-hydrogen) atoms. The molecule has 0 unspecified atom stereocenters. The highest BCUT2D eigenvalue weighted by Gasteiger charge is 2.30. The number of hydrazone groups is 1. The number of phenols is 1. The zero-order valence-electron chi connectivity index (χ0n) is 14.4. The number of phenolic OH excluding ortho intramolecular Hbond substituents is 1. The van der Waals surface area contributed by atoms with Crippen molar-refractivity contribution in [3.05, 3.63) is 42.0 Å². The second-order valence-electron chi connectivity index (χ2n) is 7.38. The molecule has 1 amide bonds. The summed E-state index contributed by atoms with van der Waals surface area (Å²) in [5.41, 5.74) is 4.03. The highest BCUT2D eigenvalue weighted by molar-refractivity contribution is 6.02. The fourth-order valence-electron chi connectivity index (χ4n) is 4.39. The molecule has 2 aromatic rings. The first kappa shape index (κ1) is 16.1. The van der Waals surface area contributed by atoms with Crippen molar-refractivity contribution in [3.63, 3.8) is 0 Å². The molecule has 130 valence electrons. The number of amides is 1. The van der Waals surface area contributed by atoms with Crippen LogP contribution in [0.5, 0.6) is 5.75 Å². The van der Waals surface area contributed by atoms with Gasteiger partial charge < -0.3 is 5.11 Å². The third-order valence-corrected chi connectivity index (χ3v) is 5.79. The summed E-state index contributed by atoms with van der Waals surface area (Å²) in [6, 6.07) is 11.0. The van der Waals surface area contributed by atoms with Crippen LogP contribution >= 0.6 is 0 Å². The second kappa shape index (κ2) is 6.87. The average molecular weight is 336 g/mol. The van der Waals surface area contributed by atoms with E-state index in [4.69, 9.17) is 0 Å². The van der Waals surface area contributed by atoms with Crippen molar-refractivity contribution in [1.82, 2.24) is 5.43 Å². The van der Waals surface area contributed by atoms with E-state index in [0.717, 1.165) is 41.2 Å². The van der Waals surface area contributed by atoms with Crippen molar-refractivity contribution in [2.24, 2.45) is 16.9 Å². The Morgan fingerprint density at radius 2 is 1.76 bits per heavy atom. The first-order valence-electron chi connectivity index (χ1n) is 9.28. The van der Waals surface area contributed by atoms with Crippen molar-refractivity contribution < 1.29 is 9.90 Å². The lowest BCUT2D eigenvalue weighted by molar-refractivity contribution is 0.0951. The molecule has 2 aliphatic carbocycles. The fraction of sp³-hybridized carbons (Fsp3) is 0.429. The average Bonchev–Trinajstić information content (AvgIpc) is 2.65. The van der Waals surface area contributed by atoms with Crippen LogP contribution in [-0.2, 0) is 0 Å². The van der Waals surface area contributed by atoms with Crippen LogP contribution in [0.1, 0.15) is 55.3 Å². The van der Waals surface area contributed by atoms with Gasteiger partial charge >= 0.3 is 0 Å². The maximum atomic E-state index is 12.5. The van der Waals surface area contributed by atoms with Gasteiger partial charge in [0.1, 0.15) is 5.75 Å². The third kappa shape index (κ3) is 3.39. The number of carbonyl (C=O) groups is 1. The number of aromatic hydroxyl groups is 1. The molecule has 0 aliphatic heterocycles. The van der Waals surface area contributed by atoms with E-state index >= 15 is 0 Å². The minimum atomic E-state index is -0.346. The Bertz CT molecular complexity index is 828. The van der Waals surface area contributed by atoms with E-state index in [-0.39, 0.29) is 17.2 Å².